The van der Waals surface area contributed by atoms with E-state index in [0.29, 0.717) is 42.8 Å². The normalized spacial score (nSPS) is 18.2. The monoisotopic (exact) mass is 592 g/mol. The Hall–Kier alpha value is -5.02. The van der Waals surface area contributed by atoms with Gasteiger partial charge in [0.2, 0.25) is 5.95 Å². The Kier molecular flexibility index (Phi) is 8.65. The van der Waals surface area contributed by atoms with E-state index in [1.165, 1.54) is 0 Å². The molecule has 0 radical (unpaired) electrons. The van der Waals surface area contributed by atoms with Crippen LogP contribution in [-0.2, 0) is 18.3 Å². The number of hydrogen-bond acceptors (Lipinski definition) is 9. The molecule has 4 heterocycles. The lowest BCUT2D eigenvalue weighted by Gasteiger charge is -2.39. The number of nitrogens with one attached hydrogen (secondary N) is 2. The number of rotatable bonds is 9. The van der Waals surface area contributed by atoms with E-state index in [0.717, 1.165) is 42.4 Å². The van der Waals surface area contributed by atoms with Gasteiger partial charge in [0, 0.05) is 69.4 Å². The fraction of sp³-hybridized carbons (Fsp3) is 0.375. The van der Waals surface area contributed by atoms with E-state index in [9.17, 15) is 10.1 Å². The van der Waals surface area contributed by atoms with Crippen molar-refractivity contribution in [2.24, 2.45) is 7.05 Å². The Morgan fingerprint density at radius 1 is 1.05 bits per heavy atom. The van der Waals surface area contributed by atoms with Crippen LogP contribution in [0.4, 0.5) is 22.4 Å². The number of urea groups is 1. The number of hydrogen-bond donors (Lipinski definition) is 2. The van der Waals surface area contributed by atoms with Crippen molar-refractivity contribution in [3.63, 3.8) is 0 Å². The molecule has 2 N–H and O–H groups in total. The SMILES string of the molecule is COC1CN(c2nc(NC3CCC(N(C(=O)NCc4ccccc4)c4ccc(-c5cnn(C)c5)cn4)CC3)ncc2C#N)C1. The summed E-state index contributed by atoms with van der Waals surface area (Å²) in [6.07, 6.45) is 10.5. The second-order valence-electron chi connectivity index (χ2n) is 11.3. The summed E-state index contributed by atoms with van der Waals surface area (Å²) in [6, 6.07) is 15.9. The number of methoxy groups -OCH3 is 1. The molecule has 1 aliphatic carbocycles. The molecule has 0 spiro atoms. The average molecular weight is 593 g/mol. The summed E-state index contributed by atoms with van der Waals surface area (Å²) in [5.74, 6) is 1.76. The molecule has 12 heteroatoms. The molecular weight excluding hydrogens is 556 g/mol. The molecule has 1 saturated carbocycles. The van der Waals surface area contributed by atoms with Crippen molar-refractivity contribution < 1.29 is 9.53 Å². The zero-order chi connectivity index (χ0) is 30.5. The van der Waals surface area contributed by atoms with E-state index in [1.807, 2.05) is 60.6 Å². The van der Waals surface area contributed by atoms with E-state index in [1.54, 1.807) is 35.3 Å². The number of amides is 2. The zero-order valence-electron chi connectivity index (χ0n) is 24.9. The van der Waals surface area contributed by atoms with Gasteiger partial charge in [0.15, 0.2) is 5.82 Å². The maximum Gasteiger partial charge on any atom is 0.323 e. The van der Waals surface area contributed by atoms with Gasteiger partial charge in [-0.25, -0.2) is 14.8 Å². The van der Waals surface area contributed by atoms with Crippen molar-refractivity contribution in [1.82, 2.24) is 30.0 Å². The molecule has 0 atom stereocenters. The van der Waals surface area contributed by atoms with Gasteiger partial charge in [0.1, 0.15) is 17.5 Å². The first kappa shape index (κ1) is 29.1. The van der Waals surface area contributed by atoms with Crippen molar-refractivity contribution >= 4 is 23.6 Å². The molecule has 2 aliphatic rings. The molecule has 6 rings (SSSR count). The minimum Gasteiger partial charge on any atom is -0.378 e. The molecule has 12 nitrogen and oxygen atoms in total. The van der Waals surface area contributed by atoms with E-state index in [4.69, 9.17) is 9.72 Å². The molecule has 1 aliphatic heterocycles. The van der Waals surface area contributed by atoms with Gasteiger partial charge in [-0.15, -0.1) is 0 Å². The molecule has 1 saturated heterocycles. The molecule has 2 amide bonds. The minimum atomic E-state index is -0.170. The first-order valence-electron chi connectivity index (χ1n) is 14.9. The van der Waals surface area contributed by atoms with Gasteiger partial charge in [0.05, 0.1) is 18.5 Å². The van der Waals surface area contributed by atoms with Crippen molar-refractivity contribution in [3.05, 3.63) is 78.4 Å². The number of pyridine rings is 1. The van der Waals surface area contributed by atoms with Crippen LogP contribution in [0.15, 0.2) is 67.3 Å². The van der Waals surface area contributed by atoms with Crippen molar-refractivity contribution in [2.45, 2.75) is 50.4 Å². The number of anilines is 3. The van der Waals surface area contributed by atoms with E-state index in [-0.39, 0.29) is 24.2 Å². The van der Waals surface area contributed by atoms with Crippen LogP contribution in [0.3, 0.4) is 0 Å². The summed E-state index contributed by atoms with van der Waals surface area (Å²) in [5, 5.41) is 20.4. The number of ether oxygens (including phenoxy) is 1. The minimum absolute atomic E-state index is 0.0231. The summed E-state index contributed by atoms with van der Waals surface area (Å²) in [7, 11) is 3.57. The molecule has 2 fully saturated rings. The van der Waals surface area contributed by atoms with Crippen LogP contribution in [-0.4, -0.2) is 69.2 Å². The summed E-state index contributed by atoms with van der Waals surface area (Å²) in [4.78, 5) is 31.3. The smallest absolute Gasteiger partial charge is 0.323 e. The van der Waals surface area contributed by atoms with Gasteiger partial charge < -0.3 is 20.3 Å². The van der Waals surface area contributed by atoms with E-state index < -0.39 is 0 Å². The Balaban J connectivity index is 1.14. The van der Waals surface area contributed by atoms with Crippen molar-refractivity contribution in [1.29, 1.82) is 5.26 Å². The molecule has 0 unspecified atom stereocenters. The highest BCUT2D eigenvalue weighted by molar-refractivity contribution is 5.91. The Morgan fingerprint density at radius 3 is 2.50 bits per heavy atom. The van der Waals surface area contributed by atoms with Crippen LogP contribution >= 0.6 is 0 Å². The highest BCUT2D eigenvalue weighted by atomic mass is 16.5. The lowest BCUT2D eigenvalue weighted by Crippen LogP contribution is -2.52. The third kappa shape index (κ3) is 6.48. The first-order chi connectivity index (χ1) is 21.5. The van der Waals surface area contributed by atoms with Crippen LogP contribution in [0.25, 0.3) is 11.1 Å². The van der Waals surface area contributed by atoms with Crippen LogP contribution in [0, 0.1) is 11.3 Å². The third-order valence-electron chi connectivity index (χ3n) is 8.30. The van der Waals surface area contributed by atoms with Gasteiger partial charge in [0.25, 0.3) is 0 Å². The first-order valence-corrected chi connectivity index (χ1v) is 14.9. The molecule has 44 heavy (non-hydrogen) atoms. The van der Waals surface area contributed by atoms with Gasteiger partial charge in [-0.05, 0) is 43.4 Å². The Labute approximate surface area is 256 Å². The molecule has 226 valence electrons. The van der Waals surface area contributed by atoms with Crippen molar-refractivity contribution in [3.8, 4) is 17.2 Å². The summed E-state index contributed by atoms with van der Waals surface area (Å²) in [6.45, 7) is 1.83. The van der Waals surface area contributed by atoms with Crippen LogP contribution in [0.5, 0.6) is 0 Å². The number of nitrogens with zero attached hydrogens (tertiary/aromatic N) is 8. The fourth-order valence-electron chi connectivity index (χ4n) is 5.77. The van der Waals surface area contributed by atoms with Gasteiger partial charge in [-0.3, -0.25) is 9.58 Å². The lowest BCUT2D eigenvalue weighted by molar-refractivity contribution is 0.0783. The molecule has 0 bridgehead atoms. The number of aryl methyl sites for hydroxylation is 1. The summed E-state index contributed by atoms with van der Waals surface area (Å²) < 4.78 is 7.14. The van der Waals surface area contributed by atoms with Crippen molar-refractivity contribution in [2.75, 3.05) is 35.3 Å². The quantitative estimate of drug-likeness (QED) is 0.294. The number of aromatic nitrogens is 5. The third-order valence-corrected chi connectivity index (χ3v) is 8.30. The summed E-state index contributed by atoms with van der Waals surface area (Å²) in [5.41, 5.74) is 3.40. The maximum atomic E-state index is 13.7. The highest BCUT2D eigenvalue weighted by Crippen LogP contribution is 2.30. The molecule has 3 aromatic heterocycles. The molecular formula is C32H36N10O2. The van der Waals surface area contributed by atoms with Crippen LogP contribution < -0.4 is 20.4 Å². The number of nitriles is 1. The zero-order valence-corrected chi connectivity index (χ0v) is 24.9. The molecule has 1 aromatic carbocycles. The average Bonchev–Trinajstić information content (AvgIpc) is 3.47. The Bertz CT molecular complexity index is 1600. The molecule has 4 aromatic rings. The Morgan fingerprint density at radius 2 is 1.84 bits per heavy atom. The standard InChI is InChI=1S/C32H36N10O2/c1-40-19-25(18-37-40)23-8-13-29(34-16-23)42(32(43)36-15-22-6-4-3-5-7-22)27-11-9-26(10-12-27)38-31-35-17-24(14-33)30(39-31)41-20-28(21-41)44-2/h3-8,13,16-19,26-28H,9-12,15,20-21H2,1-2H3,(H,36,43)(H,35,38,39). The second-order valence-corrected chi connectivity index (χ2v) is 11.3. The maximum absolute atomic E-state index is 13.7. The topological polar surface area (TPSA) is 137 Å². The second kappa shape index (κ2) is 13.1. The van der Waals surface area contributed by atoms with E-state index >= 15 is 0 Å². The largest absolute Gasteiger partial charge is 0.378 e. The predicted molar refractivity (Wildman–Crippen MR) is 167 cm³/mol. The van der Waals surface area contributed by atoms with Crippen LogP contribution in [0.1, 0.15) is 36.8 Å². The predicted octanol–water partition coefficient (Wildman–Crippen LogP) is 4.12. The van der Waals surface area contributed by atoms with Gasteiger partial charge in [-0.1, -0.05) is 30.3 Å². The van der Waals surface area contributed by atoms with Gasteiger partial charge in [-0.2, -0.15) is 15.3 Å². The highest BCUT2D eigenvalue weighted by Gasteiger charge is 2.32. The number of carbonyl (C=O) groups is 1. The number of benzene rings is 1. The summed E-state index contributed by atoms with van der Waals surface area (Å²) >= 11 is 0. The van der Waals surface area contributed by atoms with Crippen LogP contribution in [0.2, 0.25) is 0 Å². The lowest BCUT2D eigenvalue weighted by atomic mass is 9.90. The fourth-order valence-corrected chi connectivity index (χ4v) is 5.77. The number of carbonyl (C=O) groups excluding carboxylic acids is 1. The van der Waals surface area contributed by atoms with E-state index in [2.05, 4.69) is 31.8 Å². The van der Waals surface area contributed by atoms with Gasteiger partial charge >= 0.3 is 6.03 Å².